The van der Waals surface area contributed by atoms with Gasteiger partial charge in [-0.15, -0.1) is 0 Å². The van der Waals surface area contributed by atoms with Gasteiger partial charge in [-0.3, -0.25) is 4.79 Å². The van der Waals surface area contributed by atoms with Crippen molar-refractivity contribution < 1.29 is 4.79 Å². The summed E-state index contributed by atoms with van der Waals surface area (Å²) in [6.45, 7) is 8.58. The highest BCUT2D eigenvalue weighted by Gasteiger charge is 2.32. The van der Waals surface area contributed by atoms with Gasteiger partial charge < -0.3 is 10.2 Å². The molecular weight excluding hydrogens is 314 g/mol. The van der Waals surface area contributed by atoms with E-state index in [0.29, 0.717) is 11.8 Å². The Labute approximate surface area is 148 Å². The van der Waals surface area contributed by atoms with E-state index in [-0.39, 0.29) is 17.9 Å². The van der Waals surface area contributed by atoms with Crippen molar-refractivity contribution in [3.8, 4) is 0 Å². The molecule has 1 atom stereocenters. The molecule has 6 heteroatoms. The molecule has 0 saturated carbocycles. The smallest absolute Gasteiger partial charge is 0.228 e. The quantitative estimate of drug-likeness (QED) is 0.922. The third-order valence-electron chi connectivity index (χ3n) is 4.36. The number of hydrogen-bond donors (Lipinski definition) is 1. The monoisotopic (exact) mass is 339 g/mol. The van der Waals surface area contributed by atoms with Gasteiger partial charge in [-0.1, -0.05) is 19.9 Å². The summed E-state index contributed by atoms with van der Waals surface area (Å²) in [5.74, 6) is 1.45. The molecule has 1 amide bonds. The molecule has 3 heterocycles. The largest absolute Gasteiger partial charge is 0.334 e. The van der Waals surface area contributed by atoms with Gasteiger partial charge in [-0.25, -0.2) is 15.0 Å². The lowest BCUT2D eigenvalue weighted by Gasteiger charge is -2.26. The normalized spacial score (nSPS) is 17.2. The Morgan fingerprint density at radius 1 is 1.20 bits per heavy atom. The molecule has 25 heavy (non-hydrogen) atoms. The van der Waals surface area contributed by atoms with Crippen LogP contribution in [0.5, 0.6) is 0 Å². The molecule has 0 aliphatic carbocycles. The number of nitrogens with zero attached hydrogens (tertiary/aromatic N) is 4. The molecule has 3 rings (SSSR count). The van der Waals surface area contributed by atoms with Crippen molar-refractivity contribution in [3.05, 3.63) is 41.3 Å². The molecule has 0 spiro atoms. The highest BCUT2D eigenvalue weighted by atomic mass is 16.2. The van der Waals surface area contributed by atoms with Crippen LogP contribution in [0.3, 0.4) is 0 Å². The average molecular weight is 339 g/mol. The number of carbonyl (C=O) groups excluding carboxylic acids is 1. The number of aryl methyl sites for hydroxylation is 2. The number of likely N-dealkylation sites (tertiary alicyclic amines) is 1. The van der Waals surface area contributed by atoms with Gasteiger partial charge in [0, 0.05) is 23.9 Å². The summed E-state index contributed by atoms with van der Waals surface area (Å²) in [4.78, 5) is 27.9. The lowest BCUT2D eigenvalue weighted by atomic mass is 10.1. The minimum absolute atomic E-state index is 0.00516. The Balaban J connectivity index is 1.82. The summed E-state index contributed by atoms with van der Waals surface area (Å²) in [5.41, 5.74) is 2.74. The zero-order valence-electron chi connectivity index (χ0n) is 15.3. The summed E-state index contributed by atoms with van der Waals surface area (Å²) in [6.07, 6.45) is 1.97. The van der Waals surface area contributed by atoms with Crippen LogP contribution in [0, 0.1) is 19.8 Å². The number of pyridine rings is 1. The summed E-state index contributed by atoms with van der Waals surface area (Å²) >= 11 is 0. The Bertz CT molecular complexity index is 754. The highest BCUT2D eigenvalue weighted by molar-refractivity contribution is 5.78. The zero-order valence-corrected chi connectivity index (χ0v) is 15.3. The van der Waals surface area contributed by atoms with Crippen LogP contribution in [0.4, 0.5) is 11.8 Å². The van der Waals surface area contributed by atoms with Crippen LogP contribution >= 0.6 is 0 Å². The second-order valence-electron chi connectivity index (χ2n) is 6.89. The minimum atomic E-state index is 0.00516. The molecule has 132 valence electrons. The maximum atomic E-state index is 12.4. The van der Waals surface area contributed by atoms with E-state index >= 15 is 0 Å². The Morgan fingerprint density at radius 3 is 2.60 bits per heavy atom. The molecule has 2 aromatic heterocycles. The molecule has 0 bridgehead atoms. The van der Waals surface area contributed by atoms with Gasteiger partial charge in [0.2, 0.25) is 11.9 Å². The van der Waals surface area contributed by atoms with Crippen LogP contribution < -0.4 is 5.32 Å². The lowest BCUT2D eigenvalue weighted by Crippen LogP contribution is -2.34. The standard InChI is InChI=1S/C19H25N5O/c1-12(2)18(25)24-10-6-8-16(24)15-7-5-9-17(22-15)23-19-20-13(3)11-14(4)21-19/h5,7,9,11-12,16H,6,8,10H2,1-4H3,(H,20,21,22,23)/t16-/m1/s1. The Kier molecular flexibility index (Phi) is 4.97. The first-order chi connectivity index (χ1) is 11.9. The first-order valence-corrected chi connectivity index (χ1v) is 8.81. The van der Waals surface area contributed by atoms with Gasteiger partial charge in [0.1, 0.15) is 5.82 Å². The fraction of sp³-hybridized carbons (Fsp3) is 0.474. The van der Waals surface area contributed by atoms with Gasteiger partial charge >= 0.3 is 0 Å². The van der Waals surface area contributed by atoms with E-state index in [1.165, 1.54) is 0 Å². The van der Waals surface area contributed by atoms with Crippen molar-refractivity contribution in [2.75, 3.05) is 11.9 Å². The van der Waals surface area contributed by atoms with Crippen molar-refractivity contribution in [2.24, 2.45) is 5.92 Å². The molecule has 1 N–H and O–H groups in total. The van der Waals surface area contributed by atoms with Crippen LogP contribution in [0.15, 0.2) is 24.3 Å². The third kappa shape index (κ3) is 3.95. The summed E-state index contributed by atoms with van der Waals surface area (Å²) < 4.78 is 0. The second kappa shape index (κ2) is 7.17. The number of aromatic nitrogens is 3. The average Bonchev–Trinajstić information content (AvgIpc) is 3.02. The predicted molar refractivity (Wildman–Crippen MR) is 97.6 cm³/mol. The van der Waals surface area contributed by atoms with Crippen molar-refractivity contribution >= 4 is 17.7 Å². The Morgan fingerprint density at radius 2 is 1.92 bits per heavy atom. The molecule has 6 nitrogen and oxygen atoms in total. The van der Waals surface area contributed by atoms with Crippen molar-refractivity contribution in [3.63, 3.8) is 0 Å². The lowest BCUT2D eigenvalue weighted by molar-refractivity contribution is -0.135. The molecule has 1 aliphatic rings. The third-order valence-corrected chi connectivity index (χ3v) is 4.36. The number of nitrogens with one attached hydrogen (secondary N) is 1. The van der Waals surface area contributed by atoms with E-state index in [1.807, 2.05) is 56.9 Å². The van der Waals surface area contributed by atoms with Crippen LogP contribution in [-0.4, -0.2) is 32.3 Å². The highest BCUT2D eigenvalue weighted by Crippen LogP contribution is 2.32. The SMILES string of the molecule is Cc1cc(C)nc(Nc2cccc([C@H]3CCCN3C(=O)C(C)C)n2)n1. The fourth-order valence-corrected chi connectivity index (χ4v) is 3.27. The van der Waals surface area contributed by atoms with E-state index in [1.54, 1.807) is 0 Å². The summed E-state index contributed by atoms with van der Waals surface area (Å²) in [5, 5.41) is 3.18. The first kappa shape index (κ1) is 17.3. The van der Waals surface area contributed by atoms with E-state index in [9.17, 15) is 4.79 Å². The zero-order chi connectivity index (χ0) is 18.0. The molecule has 0 radical (unpaired) electrons. The van der Waals surface area contributed by atoms with E-state index in [4.69, 9.17) is 4.98 Å². The molecule has 0 unspecified atom stereocenters. The van der Waals surface area contributed by atoms with Crippen molar-refractivity contribution in [1.29, 1.82) is 0 Å². The molecule has 1 fully saturated rings. The summed E-state index contributed by atoms with van der Waals surface area (Å²) in [7, 11) is 0. The summed E-state index contributed by atoms with van der Waals surface area (Å²) in [6, 6.07) is 7.84. The van der Waals surface area contributed by atoms with Gasteiger partial charge in [0.25, 0.3) is 0 Å². The van der Waals surface area contributed by atoms with Crippen LogP contribution in [0.2, 0.25) is 0 Å². The second-order valence-corrected chi connectivity index (χ2v) is 6.89. The molecule has 1 aliphatic heterocycles. The number of carbonyl (C=O) groups is 1. The number of amides is 1. The topological polar surface area (TPSA) is 71.0 Å². The minimum Gasteiger partial charge on any atom is -0.334 e. The van der Waals surface area contributed by atoms with Crippen molar-refractivity contribution in [2.45, 2.75) is 46.6 Å². The maximum Gasteiger partial charge on any atom is 0.228 e. The fourth-order valence-electron chi connectivity index (χ4n) is 3.27. The van der Waals surface area contributed by atoms with E-state index in [0.717, 1.165) is 36.5 Å². The van der Waals surface area contributed by atoms with Gasteiger partial charge in [0.15, 0.2) is 0 Å². The van der Waals surface area contributed by atoms with Crippen molar-refractivity contribution in [1.82, 2.24) is 19.9 Å². The maximum absolute atomic E-state index is 12.4. The number of anilines is 2. The Hall–Kier alpha value is -2.50. The number of hydrogen-bond acceptors (Lipinski definition) is 5. The van der Waals surface area contributed by atoms with E-state index < -0.39 is 0 Å². The van der Waals surface area contributed by atoms with Gasteiger partial charge in [-0.05, 0) is 44.9 Å². The van der Waals surface area contributed by atoms with E-state index in [2.05, 4.69) is 15.3 Å². The first-order valence-electron chi connectivity index (χ1n) is 8.81. The van der Waals surface area contributed by atoms with Crippen LogP contribution in [0.1, 0.15) is 49.8 Å². The van der Waals surface area contributed by atoms with Crippen LogP contribution in [0.25, 0.3) is 0 Å². The number of rotatable bonds is 4. The molecular formula is C19H25N5O. The predicted octanol–water partition coefficient (Wildman–Crippen LogP) is 3.55. The molecule has 0 aromatic carbocycles. The van der Waals surface area contributed by atoms with Gasteiger partial charge in [-0.2, -0.15) is 0 Å². The van der Waals surface area contributed by atoms with Gasteiger partial charge in [0.05, 0.1) is 11.7 Å². The van der Waals surface area contributed by atoms with Crippen LogP contribution in [-0.2, 0) is 4.79 Å². The molecule has 1 saturated heterocycles. The molecule has 2 aromatic rings.